The lowest BCUT2D eigenvalue weighted by molar-refractivity contribution is -0.164. The highest BCUT2D eigenvalue weighted by atomic mass is 16.5. The second-order valence-corrected chi connectivity index (χ2v) is 16.5. The Hall–Kier alpha value is -4.34. The molecule has 0 amide bonds. The van der Waals surface area contributed by atoms with Crippen LogP contribution in [0.25, 0.3) is 0 Å². The Morgan fingerprint density at radius 2 is 1.65 bits per heavy atom. The molecular weight excluding hydrogens is 664 g/mol. The third-order valence-corrected chi connectivity index (χ3v) is 12.9. The largest absolute Gasteiger partial charge is 0.511 e. The number of aliphatic hydroxyl groups is 2. The Morgan fingerprint density at radius 1 is 0.981 bits per heavy atom. The highest BCUT2D eigenvalue weighted by Gasteiger charge is 2.57. The van der Waals surface area contributed by atoms with Gasteiger partial charge in [0.1, 0.15) is 46.0 Å². The van der Waals surface area contributed by atoms with Gasteiger partial charge in [0.2, 0.25) is 0 Å². The highest BCUT2D eigenvalue weighted by molar-refractivity contribution is 6.23. The van der Waals surface area contributed by atoms with Gasteiger partial charge in [-0.2, -0.15) is 0 Å². The Bertz CT molecular complexity index is 1840. The summed E-state index contributed by atoms with van der Waals surface area (Å²) in [5.74, 6) is -4.58. The van der Waals surface area contributed by atoms with Crippen molar-refractivity contribution in [3.8, 4) is 17.2 Å². The molecule has 1 aromatic rings. The smallest absolute Gasteiger partial charge is 0.309 e. The average Bonchev–Trinajstić information content (AvgIpc) is 3.06. The molecule has 10 nitrogen and oxygen atoms in total. The topological polar surface area (TPSA) is 179 Å². The van der Waals surface area contributed by atoms with E-state index in [0.717, 1.165) is 43.8 Å². The number of hydrogen-bond acceptors (Lipinski definition) is 9. The predicted molar refractivity (Wildman–Crippen MR) is 196 cm³/mol. The molecule has 2 fully saturated rings. The van der Waals surface area contributed by atoms with Gasteiger partial charge in [0.05, 0.1) is 10.8 Å². The van der Waals surface area contributed by atoms with Crippen molar-refractivity contribution in [3.63, 3.8) is 0 Å². The van der Waals surface area contributed by atoms with Crippen LogP contribution in [0.5, 0.6) is 17.2 Å². The van der Waals surface area contributed by atoms with Crippen LogP contribution < -0.4 is 4.74 Å². The summed E-state index contributed by atoms with van der Waals surface area (Å²) in [6.07, 6.45) is 7.10. The van der Waals surface area contributed by atoms with Crippen molar-refractivity contribution in [2.24, 2.45) is 28.1 Å². The first-order chi connectivity index (χ1) is 24.2. The number of carboxylic acids is 1. The summed E-state index contributed by atoms with van der Waals surface area (Å²) in [4.78, 5) is 51.4. The van der Waals surface area contributed by atoms with Crippen LogP contribution in [-0.4, -0.2) is 55.0 Å². The van der Waals surface area contributed by atoms with Gasteiger partial charge in [-0.3, -0.25) is 19.2 Å². The van der Waals surface area contributed by atoms with E-state index >= 15 is 0 Å². The summed E-state index contributed by atoms with van der Waals surface area (Å²) in [5, 5.41) is 55.8. The van der Waals surface area contributed by atoms with Crippen LogP contribution in [-0.2, 0) is 27.2 Å². The number of carbonyl (C=O) groups is 4. The minimum Gasteiger partial charge on any atom is -0.511 e. The summed E-state index contributed by atoms with van der Waals surface area (Å²) in [5.41, 5.74) is -1.12. The van der Waals surface area contributed by atoms with Crippen molar-refractivity contribution < 1.29 is 49.4 Å². The van der Waals surface area contributed by atoms with E-state index < -0.39 is 69.5 Å². The number of ketones is 3. The van der Waals surface area contributed by atoms with Gasteiger partial charge in [-0.05, 0) is 109 Å². The van der Waals surface area contributed by atoms with Gasteiger partial charge in [-0.15, -0.1) is 0 Å². The van der Waals surface area contributed by atoms with E-state index in [2.05, 4.69) is 19.6 Å². The quantitative estimate of drug-likeness (QED) is 0.0897. The molecule has 282 valence electrons. The molecule has 0 bridgehead atoms. The van der Waals surface area contributed by atoms with Gasteiger partial charge < -0.3 is 30.3 Å². The van der Waals surface area contributed by atoms with Crippen molar-refractivity contribution in [2.45, 2.75) is 125 Å². The number of fused-ring (bicyclic) bond motifs is 2. The van der Waals surface area contributed by atoms with Crippen LogP contribution in [0.4, 0.5) is 0 Å². The van der Waals surface area contributed by atoms with E-state index in [-0.39, 0.29) is 51.9 Å². The number of carbonyl (C=O) groups excluding carboxylic acids is 3. The molecule has 4 aliphatic rings. The van der Waals surface area contributed by atoms with Gasteiger partial charge in [0.25, 0.3) is 0 Å². The first-order valence-electron chi connectivity index (χ1n) is 18.5. The molecule has 1 heterocycles. The molecular formula is C42H54O10. The lowest BCUT2D eigenvalue weighted by atomic mass is 9.46. The van der Waals surface area contributed by atoms with Gasteiger partial charge >= 0.3 is 5.97 Å². The number of allylic oxidation sites excluding steroid dienone is 5. The second kappa shape index (κ2) is 13.9. The Balaban J connectivity index is 1.55. The van der Waals surface area contributed by atoms with Gasteiger partial charge in [0.15, 0.2) is 17.3 Å². The SMILES string of the molecule is C=C1CC[C@H]2[C@@](C)(CCC[C@]2(C)C(=O)O)[C@@H]1C/C=C(\C)[C@H]1CCc2c(O)c(C(=O)CCC)c(O)c(CC3=C(O)C(C)(C)C(=O)C(C(C)=O)=C3O)c2O1. The molecule has 0 radical (unpaired) electrons. The Kier molecular flexibility index (Phi) is 10.4. The van der Waals surface area contributed by atoms with Gasteiger partial charge in [0, 0.05) is 29.5 Å². The summed E-state index contributed by atoms with van der Waals surface area (Å²) in [6, 6.07) is 0. The molecule has 0 unspecified atom stereocenters. The van der Waals surface area contributed by atoms with Crippen LogP contribution in [0.1, 0.15) is 128 Å². The summed E-state index contributed by atoms with van der Waals surface area (Å²) in [6.45, 7) is 16.3. The molecule has 5 N–H and O–H groups in total. The molecule has 5 atom stereocenters. The van der Waals surface area contributed by atoms with Crippen molar-refractivity contribution in [3.05, 3.63) is 63.2 Å². The minimum absolute atomic E-state index is 0.0196. The number of rotatable bonds is 10. The number of phenols is 2. The monoisotopic (exact) mass is 718 g/mol. The average molecular weight is 719 g/mol. The van der Waals surface area contributed by atoms with Crippen LogP contribution in [0.3, 0.4) is 0 Å². The normalized spacial score (nSPS) is 29.0. The maximum absolute atomic E-state index is 13.3. The summed E-state index contributed by atoms with van der Waals surface area (Å²) >= 11 is 0. The van der Waals surface area contributed by atoms with Gasteiger partial charge in [-0.1, -0.05) is 38.5 Å². The number of Topliss-reactive ketones (excluding diaryl/α,β-unsaturated/α-hetero) is 3. The number of aliphatic hydroxyl groups excluding tert-OH is 2. The van der Waals surface area contributed by atoms with E-state index in [4.69, 9.17) is 4.74 Å². The molecule has 0 saturated heterocycles. The lowest BCUT2D eigenvalue weighted by Gasteiger charge is -2.57. The number of benzene rings is 1. The second-order valence-electron chi connectivity index (χ2n) is 16.5. The Labute approximate surface area is 306 Å². The molecule has 1 aliphatic heterocycles. The molecule has 52 heavy (non-hydrogen) atoms. The zero-order valence-electron chi connectivity index (χ0n) is 31.6. The molecule has 1 aromatic carbocycles. The van der Waals surface area contributed by atoms with Gasteiger partial charge in [-0.25, -0.2) is 0 Å². The number of aliphatic carboxylic acids is 1. The van der Waals surface area contributed by atoms with Crippen molar-refractivity contribution in [2.75, 3.05) is 0 Å². The first-order valence-corrected chi connectivity index (χ1v) is 18.5. The zero-order valence-corrected chi connectivity index (χ0v) is 31.6. The fourth-order valence-corrected chi connectivity index (χ4v) is 9.68. The molecule has 3 aliphatic carbocycles. The number of ether oxygens (including phenoxy) is 1. The number of hydrogen-bond donors (Lipinski definition) is 5. The molecule has 0 spiro atoms. The Morgan fingerprint density at radius 3 is 2.27 bits per heavy atom. The maximum atomic E-state index is 13.3. The highest BCUT2D eigenvalue weighted by Crippen LogP contribution is 2.62. The van der Waals surface area contributed by atoms with E-state index in [0.29, 0.717) is 37.7 Å². The maximum Gasteiger partial charge on any atom is 0.309 e. The molecule has 5 rings (SSSR count). The van der Waals surface area contributed by atoms with Crippen molar-refractivity contribution in [1.29, 1.82) is 0 Å². The zero-order chi connectivity index (χ0) is 38.7. The minimum atomic E-state index is -1.56. The third kappa shape index (κ3) is 6.15. The third-order valence-electron chi connectivity index (χ3n) is 12.9. The summed E-state index contributed by atoms with van der Waals surface area (Å²) < 4.78 is 6.57. The van der Waals surface area contributed by atoms with Crippen LogP contribution in [0.2, 0.25) is 0 Å². The predicted octanol–water partition coefficient (Wildman–Crippen LogP) is 8.34. The standard InChI is InChI=1S/C42H54O10/c1-9-11-28(44)32-33(45)24-14-16-29(22(3)12-15-27-21(2)13-17-30-41(27,7)18-10-19-42(30,8)39(50)51)52-36(24)25(34(32)46)20-26-35(47)31(23(4)43)38(49)40(5,6)37(26)48/h12,27,29-30,45-48H,2,9-11,13-20H2,1,3-8H3,(H,50,51)/b22-12+/t27-,29-,30+,41+,42+/m1/s1. The van der Waals surface area contributed by atoms with E-state index in [1.807, 2.05) is 13.8 Å². The summed E-state index contributed by atoms with van der Waals surface area (Å²) in [7, 11) is 0. The fourth-order valence-electron chi connectivity index (χ4n) is 9.68. The van der Waals surface area contributed by atoms with E-state index in [1.165, 1.54) is 13.8 Å². The molecule has 0 aromatic heterocycles. The number of carboxylic acid groups (broad SMARTS) is 1. The van der Waals surface area contributed by atoms with Crippen LogP contribution in [0, 0.1) is 28.1 Å². The molecule has 10 heteroatoms. The fraction of sp³-hybridized carbons (Fsp3) is 0.571. The lowest BCUT2D eigenvalue weighted by Crippen LogP contribution is -2.53. The molecule has 2 saturated carbocycles. The number of aromatic hydroxyl groups is 2. The van der Waals surface area contributed by atoms with E-state index in [9.17, 15) is 44.7 Å². The van der Waals surface area contributed by atoms with Crippen LogP contribution >= 0.6 is 0 Å². The first kappa shape index (κ1) is 38.9. The number of phenolic OH excluding ortho intramolecular Hbond substituents is 2. The van der Waals surface area contributed by atoms with E-state index in [1.54, 1.807) is 6.92 Å². The van der Waals surface area contributed by atoms with Crippen LogP contribution in [0.15, 0.2) is 46.5 Å². The van der Waals surface area contributed by atoms with Crippen molar-refractivity contribution >= 4 is 23.3 Å². The van der Waals surface area contributed by atoms with Crippen molar-refractivity contribution in [1.82, 2.24) is 0 Å².